The Bertz CT molecular complexity index is 1080. The van der Waals surface area contributed by atoms with E-state index in [9.17, 15) is 13.2 Å². The number of carbonyl (C=O) groups is 1. The van der Waals surface area contributed by atoms with Gasteiger partial charge in [0.15, 0.2) is 0 Å². The molecular formula is C24H30N2O4S3. The van der Waals surface area contributed by atoms with Gasteiger partial charge in [-0.25, -0.2) is 0 Å². The maximum Gasteiger partial charge on any atom is 0.265 e. The summed E-state index contributed by atoms with van der Waals surface area (Å²) in [5.74, 6) is -0.187. The summed E-state index contributed by atoms with van der Waals surface area (Å²) in [5, 5.41) is 0. The molecule has 0 unspecified atom stereocenters. The van der Waals surface area contributed by atoms with Gasteiger partial charge in [0.25, 0.3) is 16.0 Å². The normalized spacial score (nSPS) is 18.6. The van der Waals surface area contributed by atoms with Crippen LogP contribution in [0.4, 0.5) is 5.69 Å². The molecule has 6 nitrogen and oxygen atoms in total. The Labute approximate surface area is 206 Å². The third-order valence-electron chi connectivity index (χ3n) is 5.48. The van der Waals surface area contributed by atoms with Crippen LogP contribution in [0.3, 0.4) is 0 Å². The summed E-state index contributed by atoms with van der Waals surface area (Å²) in [7, 11) is -3.91. The molecule has 1 N–H and O–H groups in total. The van der Waals surface area contributed by atoms with Gasteiger partial charge in [-0.2, -0.15) is 8.42 Å². The average molecular weight is 507 g/mol. The second-order valence-corrected chi connectivity index (χ2v) is 11.3. The Morgan fingerprint density at radius 2 is 1.85 bits per heavy atom. The quantitative estimate of drug-likeness (QED) is 0.186. The molecule has 0 saturated carbocycles. The fraction of sp³-hybridized carbons (Fsp3) is 0.417. The number of hydrogen-bond donors (Lipinski definition) is 1. The van der Waals surface area contributed by atoms with E-state index < -0.39 is 10.1 Å². The number of anilines is 1. The second-order valence-electron chi connectivity index (χ2n) is 8.00. The average Bonchev–Trinajstić information content (AvgIpc) is 3.05. The fourth-order valence-corrected chi connectivity index (χ4v) is 5.63. The molecule has 0 spiro atoms. The van der Waals surface area contributed by atoms with Gasteiger partial charge in [0.05, 0.1) is 10.7 Å². The molecule has 0 bridgehead atoms. The molecule has 0 aliphatic carbocycles. The number of hydrogen-bond acceptors (Lipinski definition) is 6. The summed E-state index contributed by atoms with van der Waals surface area (Å²) in [6.07, 6.45) is 12.9. The zero-order valence-corrected chi connectivity index (χ0v) is 21.2. The highest BCUT2D eigenvalue weighted by Crippen LogP contribution is 2.34. The molecular weight excluding hydrogens is 476 g/mol. The van der Waals surface area contributed by atoms with E-state index in [1.807, 2.05) is 24.4 Å². The first-order chi connectivity index (χ1) is 15.8. The highest BCUT2D eigenvalue weighted by molar-refractivity contribution is 8.26. The minimum atomic E-state index is -3.91. The van der Waals surface area contributed by atoms with E-state index in [4.69, 9.17) is 16.8 Å². The Morgan fingerprint density at radius 3 is 2.61 bits per heavy atom. The zero-order chi connectivity index (χ0) is 23.8. The molecule has 0 aromatic heterocycles. The lowest BCUT2D eigenvalue weighted by molar-refractivity contribution is -0.122. The Kier molecular flexibility index (Phi) is 9.31. The first kappa shape index (κ1) is 25.7. The number of benzene rings is 1. The number of thioether (sulfide) groups is 1. The molecule has 33 heavy (non-hydrogen) atoms. The van der Waals surface area contributed by atoms with E-state index in [1.54, 1.807) is 4.90 Å². The molecule has 1 amide bonds. The monoisotopic (exact) mass is 506 g/mol. The molecule has 9 heteroatoms. The second kappa shape index (κ2) is 12.0. The van der Waals surface area contributed by atoms with E-state index in [2.05, 4.69) is 36.1 Å². The molecule has 0 radical (unpaired) electrons. The Balaban J connectivity index is 1.59. The molecule has 178 valence electrons. The van der Waals surface area contributed by atoms with Crippen LogP contribution in [0.15, 0.2) is 53.6 Å². The van der Waals surface area contributed by atoms with Gasteiger partial charge in [0, 0.05) is 30.5 Å². The molecule has 1 fully saturated rings. The number of allylic oxidation sites excluding steroid dienone is 4. The van der Waals surface area contributed by atoms with Gasteiger partial charge in [0.1, 0.15) is 4.32 Å². The molecule has 2 heterocycles. The standard InChI is InChI=1S/C24H30N2O4S3/c1-2-3-16-26-23(27)22(32-24(26)31)13-7-4-10-19-14-17-25(15-8-9-18-33(28,29)30)21-12-6-5-11-20(19)21/h5-6,10-14,17H,2-4,7-9,15-16,18H2,1H3,(H,28,29,30)/b19-10-,22-13+. The van der Waals surface area contributed by atoms with E-state index in [-0.39, 0.29) is 11.7 Å². The number of rotatable bonds is 11. The molecule has 1 aromatic carbocycles. The van der Waals surface area contributed by atoms with Crippen molar-refractivity contribution in [3.05, 3.63) is 59.2 Å². The van der Waals surface area contributed by atoms with Gasteiger partial charge in [-0.3, -0.25) is 14.2 Å². The van der Waals surface area contributed by atoms with Crippen molar-refractivity contribution in [3.63, 3.8) is 0 Å². The number of nitrogens with zero attached hydrogens (tertiary/aromatic N) is 2. The molecule has 1 saturated heterocycles. The Morgan fingerprint density at radius 1 is 1.09 bits per heavy atom. The van der Waals surface area contributed by atoms with E-state index in [0.717, 1.165) is 47.4 Å². The summed E-state index contributed by atoms with van der Waals surface area (Å²) in [6.45, 7) is 3.47. The highest BCUT2D eigenvalue weighted by atomic mass is 32.2. The van der Waals surface area contributed by atoms with Crippen molar-refractivity contribution in [3.8, 4) is 0 Å². The highest BCUT2D eigenvalue weighted by Gasteiger charge is 2.30. The van der Waals surface area contributed by atoms with Crippen LogP contribution >= 0.6 is 24.0 Å². The number of para-hydroxylation sites is 1. The van der Waals surface area contributed by atoms with Gasteiger partial charge >= 0.3 is 0 Å². The summed E-state index contributed by atoms with van der Waals surface area (Å²) in [5.41, 5.74) is 3.33. The van der Waals surface area contributed by atoms with Crippen molar-refractivity contribution >= 4 is 55.6 Å². The maximum absolute atomic E-state index is 12.6. The van der Waals surface area contributed by atoms with Gasteiger partial charge < -0.3 is 4.90 Å². The maximum atomic E-state index is 12.6. The first-order valence-corrected chi connectivity index (χ1v) is 14.1. The van der Waals surface area contributed by atoms with E-state index in [1.165, 1.54) is 11.8 Å². The van der Waals surface area contributed by atoms with Gasteiger partial charge in [-0.15, -0.1) is 0 Å². The number of thiocarbonyl (C=S) groups is 1. The topological polar surface area (TPSA) is 77.9 Å². The Hall–Kier alpha value is -1.94. The molecule has 0 atom stereocenters. The van der Waals surface area contributed by atoms with Gasteiger partial charge in [0.2, 0.25) is 0 Å². The van der Waals surface area contributed by atoms with Crippen molar-refractivity contribution in [2.24, 2.45) is 0 Å². The van der Waals surface area contributed by atoms with Gasteiger partial charge in [-0.05, 0) is 49.8 Å². The minimum absolute atomic E-state index is 0.0265. The SMILES string of the molecule is CCCCN1C(=O)/C(=C\CC/C=C2/C=CN(CCCCS(=O)(=O)O)c3ccccc32)SC1=S. The molecule has 2 aliphatic heterocycles. The third kappa shape index (κ3) is 7.27. The van der Waals surface area contributed by atoms with Crippen LogP contribution in [-0.4, -0.2) is 46.9 Å². The van der Waals surface area contributed by atoms with E-state index in [0.29, 0.717) is 30.3 Å². The van der Waals surface area contributed by atoms with Crippen LogP contribution < -0.4 is 4.90 Å². The van der Waals surface area contributed by atoms with Crippen LogP contribution in [0.25, 0.3) is 5.57 Å². The zero-order valence-electron chi connectivity index (χ0n) is 18.8. The molecule has 1 aromatic rings. The van der Waals surface area contributed by atoms with Crippen LogP contribution in [0.2, 0.25) is 0 Å². The summed E-state index contributed by atoms with van der Waals surface area (Å²) in [6, 6.07) is 8.12. The van der Waals surface area contributed by atoms with E-state index >= 15 is 0 Å². The number of carbonyl (C=O) groups excluding carboxylic acids is 1. The predicted molar refractivity (Wildman–Crippen MR) is 141 cm³/mol. The summed E-state index contributed by atoms with van der Waals surface area (Å²) in [4.78, 5) is 17.1. The largest absolute Gasteiger partial charge is 0.347 e. The van der Waals surface area contributed by atoms with Crippen molar-refractivity contribution in [2.45, 2.75) is 45.4 Å². The van der Waals surface area contributed by atoms with Crippen molar-refractivity contribution in [1.29, 1.82) is 0 Å². The molecule has 3 rings (SSSR count). The van der Waals surface area contributed by atoms with Crippen molar-refractivity contribution < 1.29 is 17.8 Å². The lowest BCUT2D eigenvalue weighted by Crippen LogP contribution is -2.28. The van der Waals surface area contributed by atoms with Crippen LogP contribution in [0.1, 0.15) is 51.0 Å². The van der Waals surface area contributed by atoms with Gasteiger partial charge in [-0.1, -0.05) is 67.7 Å². The number of amides is 1. The first-order valence-electron chi connectivity index (χ1n) is 11.2. The van der Waals surface area contributed by atoms with Crippen LogP contribution in [0.5, 0.6) is 0 Å². The predicted octanol–water partition coefficient (Wildman–Crippen LogP) is 5.40. The third-order valence-corrected chi connectivity index (χ3v) is 7.71. The minimum Gasteiger partial charge on any atom is -0.347 e. The summed E-state index contributed by atoms with van der Waals surface area (Å²) >= 11 is 6.75. The smallest absolute Gasteiger partial charge is 0.265 e. The lowest BCUT2D eigenvalue weighted by atomic mass is 9.98. The summed E-state index contributed by atoms with van der Waals surface area (Å²) < 4.78 is 31.4. The van der Waals surface area contributed by atoms with Crippen LogP contribution in [-0.2, 0) is 14.9 Å². The molecule has 2 aliphatic rings. The fourth-order valence-electron chi connectivity index (χ4n) is 3.75. The lowest BCUT2D eigenvalue weighted by Gasteiger charge is -2.27. The van der Waals surface area contributed by atoms with Crippen LogP contribution in [0, 0.1) is 0 Å². The number of unbranched alkanes of at least 4 members (excludes halogenated alkanes) is 3. The number of fused-ring (bicyclic) bond motifs is 1. The van der Waals surface area contributed by atoms with Crippen molar-refractivity contribution in [2.75, 3.05) is 23.7 Å². The van der Waals surface area contributed by atoms with Crippen molar-refractivity contribution in [1.82, 2.24) is 4.90 Å².